The average Bonchev–Trinajstić information content (AvgIpc) is 2.29. The first-order chi connectivity index (χ1) is 8.70. The lowest BCUT2D eigenvalue weighted by molar-refractivity contribution is -0.118. The Morgan fingerprint density at radius 2 is 1.94 bits per heavy atom. The maximum Gasteiger partial charge on any atom is 0.189 e. The van der Waals surface area contributed by atoms with Crippen LogP contribution in [-0.2, 0) is 9.53 Å². The highest BCUT2D eigenvalue weighted by atomic mass is 32.1. The van der Waals surface area contributed by atoms with E-state index >= 15 is 0 Å². The Hall–Kier alpha value is -0.100. The fraction of sp³-hybridized carbons (Fsp3) is 0.923. The molecule has 1 aliphatic carbocycles. The van der Waals surface area contributed by atoms with Gasteiger partial charge >= 0.3 is 0 Å². The van der Waals surface area contributed by atoms with Crippen molar-refractivity contribution in [2.45, 2.75) is 25.8 Å². The summed E-state index contributed by atoms with van der Waals surface area (Å²) in [4.78, 5) is 16.1. The number of hydrogen-bond donors (Lipinski definition) is 1. The molecule has 0 aromatic rings. The third-order valence-electron chi connectivity index (χ3n) is 4.14. The normalized spacial score (nSPS) is 30.1. The first kappa shape index (κ1) is 14.3. The molecule has 1 heterocycles. The van der Waals surface area contributed by atoms with Gasteiger partial charge in [0.2, 0.25) is 0 Å². The molecule has 0 aromatic heterocycles. The molecule has 1 saturated carbocycles. The number of piperazine rings is 1. The summed E-state index contributed by atoms with van der Waals surface area (Å²) in [7, 11) is 0. The third-order valence-corrected chi connectivity index (χ3v) is 4.51. The lowest BCUT2D eigenvalue weighted by Crippen LogP contribution is -2.55. The predicted octanol–water partition coefficient (Wildman–Crippen LogP) is 0.875. The summed E-state index contributed by atoms with van der Waals surface area (Å²) in [5.41, 5.74) is 0. The summed E-state index contributed by atoms with van der Waals surface area (Å²) in [5, 5.41) is 0.0709. The van der Waals surface area contributed by atoms with Crippen LogP contribution in [0, 0.1) is 5.92 Å². The second-order valence-electron chi connectivity index (χ2n) is 5.23. The van der Waals surface area contributed by atoms with Gasteiger partial charge in [0.05, 0.1) is 6.61 Å². The molecule has 18 heavy (non-hydrogen) atoms. The molecule has 0 aromatic carbocycles. The van der Waals surface area contributed by atoms with Gasteiger partial charge in [0.1, 0.15) is 0 Å². The van der Waals surface area contributed by atoms with Crippen LogP contribution < -0.4 is 0 Å². The van der Waals surface area contributed by atoms with E-state index in [1.54, 1.807) is 0 Å². The summed E-state index contributed by atoms with van der Waals surface area (Å²) in [5.74, 6) is 0.217. The van der Waals surface area contributed by atoms with E-state index in [1.807, 2.05) is 6.92 Å². The molecule has 2 rings (SSSR count). The summed E-state index contributed by atoms with van der Waals surface area (Å²) in [6.45, 7) is 9.25. The van der Waals surface area contributed by atoms with Crippen LogP contribution in [-0.4, -0.2) is 66.9 Å². The van der Waals surface area contributed by atoms with Crippen LogP contribution in [0.4, 0.5) is 0 Å². The molecule has 1 aliphatic heterocycles. The monoisotopic (exact) mass is 272 g/mol. The van der Waals surface area contributed by atoms with E-state index in [4.69, 9.17) is 4.74 Å². The Balaban J connectivity index is 1.61. The van der Waals surface area contributed by atoms with Gasteiger partial charge in [0, 0.05) is 51.3 Å². The molecular weight excluding hydrogens is 248 g/mol. The molecule has 104 valence electrons. The van der Waals surface area contributed by atoms with Crippen molar-refractivity contribution in [2.75, 3.05) is 45.9 Å². The van der Waals surface area contributed by atoms with Crippen molar-refractivity contribution >= 4 is 17.7 Å². The van der Waals surface area contributed by atoms with E-state index in [0.29, 0.717) is 6.04 Å². The smallest absolute Gasteiger partial charge is 0.189 e. The highest BCUT2D eigenvalue weighted by Crippen LogP contribution is 2.33. The minimum atomic E-state index is 0.0709. The van der Waals surface area contributed by atoms with Crippen LogP contribution in [0.15, 0.2) is 0 Å². The number of carbonyl (C=O) groups is 1. The van der Waals surface area contributed by atoms with Gasteiger partial charge < -0.3 is 4.74 Å². The molecule has 4 nitrogen and oxygen atoms in total. The summed E-state index contributed by atoms with van der Waals surface area (Å²) < 4.78 is 5.38. The van der Waals surface area contributed by atoms with Crippen molar-refractivity contribution in [3.8, 4) is 0 Å². The Labute approximate surface area is 115 Å². The molecule has 0 N–H and O–H groups in total. The van der Waals surface area contributed by atoms with E-state index < -0.39 is 0 Å². The van der Waals surface area contributed by atoms with E-state index in [0.717, 1.165) is 58.8 Å². The molecule has 0 unspecified atom stereocenters. The zero-order chi connectivity index (χ0) is 13.0. The topological polar surface area (TPSA) is 32.8 Å². The minimum absolute atomic E-state index is 0.0709. The zero-order valence-electron chi connectivity index (χ0n) is 11.2. The Bertz CT molecular complexity index is 274. The highest BCUT2D eigenvalue weighted by Gasteiger charge is 2.37. The average molecular weight is 272 g/mol. The SMILES string of the molecule is CCOCCN1CCN(C2CC(C(=O)S)C2)CC1. The number of hydrogen-bond acceptors (Lipinski definition) is 4. The number of ether oxygens (including phenoxy) is 1. The van der Waals surface area contributed by atoms with E-state index in [-0.39, 0.29) is 11.0 Å². The van der Waals surface area contributed by atoms with Crippen molar-refractivity contribution in [2.24, 2.45) is 5.92 Å². The predicted molar refractivity (Wildman–Crippen MR) is 75.0 cm³/mol. The van der Waals surface area contributed by atoms with Gasteiger partial charge in [-0.1, -0.05) is 0 Å². The standard InChI is InChI=1S/C13H24N2O2S/c1-2-17-8-7-14-3-5-15(6-4-14)12-9-11(10-12)13(16)18/h11-12H,2-10H2,1H3,(H,16,18). The third kappa shape index (κ3) is 3.70. The molecule has 0 radical (unpaired) electrons. The first-order valence-corrected chi connectivity index (χ1v) is 7.42. The highest BCUT2D eigenvalue weighted by molar-refractivity contribution is 7.96. The van der Waals surface area contributed by atoms with Gasteiger partial charge in [-0.05, 0) is 19.8 Å². The van der Waals surface area contributed by atoms with Crippen LogP contribution in [0.3, 0.4) is 0 Å². The number of rotatable bonds is 6. The maximum absolute atomic E-state index is 11.1. The van der Waals surface area contributed by atoms with Crippen LogP contribution >= 0.6 is 12.6 Å². The van der Waals surface area contributed by atoms with Gasteiger partial charge in [0.25, 0.3) is 0 Å². The van der Waals surface area contributed by atoms with Gasteiger partial charge in [-0.2, -0.15) is 0 Å². The van der Waals surface area contributed by atoms with Crippen molar-refractivity contribution < 1.29 is 9.53 Å². The van der Waals surface area contributed by atoms with Crippen molar-refractivity contribution in [3.05, 3.63) is 0 Å². The van der Waals surface area contributed by atoms with Gasteiger partial charge in [-0.3, -0.25) is 14.6 Å². The first-order valence-electron chi connectivity index (χ1n) is 6.97. The lowest BCUT2D eigenvalue weighted by Gasteiger charge is -2.45. The second kappa shape index (κ2) is 6.89. The fourth-order valence-corrected chi connectivity index (χ4v) is 2.99. The van der Waals surface area contributed by atoms with Crippen LogP contribution in [0.25, 0.3) is 0 Å². The minimum Gasteiger partial charge on any atom is -0.380 e. The number of thiol groups is 1. The Morgan fingerprint density at radius 3 is 2.50 bits per heavy atom. The maximum atomic E-state index is 11.1. The summed E-state index contributed by atoms with van der Waals surface area (Å²) in [6, 6.07) is 0.625. The van der Waals surface area contributed by atoms with E-state index in [2.05, 4.69) is 22.4 Å². The molecule has 5 heteroatoms. The van der Waals surface area contributed by atoms with E-state index in [1.165, 1.54) is 0 Å². The number of nitrogens with zero attached hydrogens (tertiary/aromatic N) is 2. The second-order valence-corrected chi connectivity index (χ2v) is 5.68. The molecule has 0 amide bonds. The largest absolute Gasteiger partial charge is 0.380 e. The molecular formula is C13H24N2O2S. The van der Waals surface area contributed by atoms with Gasteiger partial charge in [-0.25, -0.2) is 0 Å². The van der Waals surface area contributed by atoms with Crippen LogP contribution in [0.1, 0.15) is 19.8 Å². The van der Waals surface area contributed by atoms with Crippen molar-refractivity contribution in [1.29, 1.82) is 0 Å². The Morgan fingerprint density at radius 1 is 1.28 bits per heavy atom. The molecule has 0 spiro atoms. The summed E-state index contributed by atoms with van der Waals surface area (Å²) >= 11 is 3.91. The summed E-state index contributed by atoms with van der Waals surface area (Å²) in [6.07, 6.45) is 2.03. The molecule has 1 saturated heterocycles. The zero-order valence-corrected chi connectivity index (χ0v) is 12.1. The quantitative estimate of drug-likeness (QED) is 0.575. The lowest BCUT2D eigenvalue weighted by atomic mass is 9.80. The number of carbonyl (C=O) groups excluding carboxylic acids is 1. The molecule has 0 bridgehead atoms. The molecule has 2 fully saturated rings. The fourth-order valence-electron chi connectivity index (χ4n) is 2.78. The van der Waals surface area contributed by atoms with Crippen molar-refractivity contribution in [3.63, 3.8) is 0 Å². The van der Waals surface area contributed by atoms with Gasteiger partial charge in [0.15, 0.2) is 5.12 Å². The van der Waals surface area contributed by atoms with Crippen molar-refractivity contribution in [1.82, 2.24) is 9.80 Å². The molecule has 0 atom stereocenters. The van der Waals surface area contributed by atoms with Crippen LogP contribution in [0.5, 0.6) is 0 Å². The molecule has 2 aliphatic rings. The van der Waals surface area contributed by atoms with Crippen LogP contribution in [0.2, 0.25) is 0 Å². The van der Waals surface area contributed by atoms with E-state index in [9.17, 15) is 4.79 Å². The Kier molecular flexibility index (Phi) is 5.48. The van der Waals surface area contributed by atoms with Gasteiger partial charge in [-0.15, -0.1) is 12.6 Å².